The minimum absolute atomic E-state index is 0. The Hall–Kier alpha value is -7.79. The second-order valence-corrected chi connectivity index (χ2v) is 21.2. The molecule has 6 aromatic carbocycles. The lowest BCUT2D eigenvalue weighted by molar-refractivity contribution is -0.166. The van der Waals surface area contributed by atoms with Crippen molar-refractivity contribution < 1.29 is 76.3 Å². The van der Waals surface area contributed by atoms with Gasteiger partial charge in [-0.15, -0.1) is 0 Å². The number of aliphatic hydroxyl groups excluding tert-OH is 2. The Labute approximate surface area is 500 Å². The maximum absolute atomic E-state index is 14.3. The Balaban J connectivity index is 0.000000382. The minimum Gasteiger partial charge on any atom is -0.455 e. The van der Waals surface area contributed by atoms with Gasteiger partial charge in [-0.3, -0.25) is 30.4 Å². The SMILES string of the molecule is C.CC(C)(C)OC(=O)C(=O)Cl.CC(C)(C)OC(=O)C(=O)NN(Cc1ccc(-c2cc(Cl)ccc2F)cc1)C[C@@H](O)C(=O)OCC(=O)c1ccccc1.NN(Cc1ccc(-c2cc(Cl)ccc2F)cc1)C[C@@H](O)C(=O)OCC(=O)c1ccccc1. The van der Waals surface area contributed by atoms with Crippen molar-refractivity contribution >= 4 is 81.4 Å². The number of hydrogen-bond acceptors (Lipinski definition) is 17. The zero-order valence-electron chi connectivity index (χ0n) is 45.9. The highest BCUT2D eigenvalue weighted by Gasteiger charge is 2.28. The van der Waals surface area contributed by atoms with Crippen molar-refractivity contribution in [2.75, 3.05) is 26.3 Å². The number of halogens is 5. The van der Waals surface area contributed by atoms with Gasteiger partial charge in [0.25, 0.3) is 0 Å². The smallest absolute Gasteiger partial charge is 0.398 e. The maximum Gasteiger partial charge on any atom is 0.398 e. The standard InChI is InChI=1S/C30H30ClFN2O7.C24H22ClFN2O4.C6H9ClO3.CH4/c1-30(2,3)41-29(39)27(37)33-34(17-25(35)28(38)40-18-26(36)21-7-5-4-6-8-21)16-19-9-11-20(12-10-19)23-15-22(31)13-14-24(23)32;25-19-10-11-21(26)20(12-19)17-8-6-16(7-9-17)13-28(27)14-22(29)24(31)32-15-23(30)18-4-2-1-3-5-18;1-6(2,3)10-5(9)4(7)8;/h4-15,25,35H,16-18H2,1-3H3,(H,33,37);1-12,22,29H,13-15,27H2;1-3H3;1H4/t25-;22-;;/m11../s1. The summed E-state index contributed by atoms with van der Waals surface area (Å²) >= 11 is 16.8. The van der Waals surface area contributed by atoms with Crippen LogP contribution in [0.3, 0.4) is 0 Å². The van der Waals surface area contributed by atoms with Gasteiger partial charge in [-0.05, 0) is 112 Å². The third kappa shape index (κ3) is 25.0. The zero-order valence-corrected chi connectivity index (χ0v) is 48.2. The van der Waals surface area contributed by atoms with Crippen LogP contribution in [0.2, 0.25) is 10.0 Å². The van der Waals surface area contributed by atoms with Gasteiger partial charge in [0.15, 0.2) is 37.0 Å². The molecule has 0 fully saturated rings. The lowest BCUT2D eigenvalue weighted by Crippen LogP contribution is -2.50. The molecule has 0 saturated heterocycles. The van der Waals surface area contributed by atoms with Gasteiger partial charge < -0.3 is 29.2 Å². The van der Waals surface area contributed by atoms with E-state index in [1.54, 1.807) is 157 Å². The molecule has 0 saturated carbocycles. The third-order valence-corrected chi connectivity index (χ3v) is 11.4. The van der Waals surface area contributed by atoms with E-state index in [4.69, 9.17) is 54.9 Å². The average molecular weight is 1220 g/mol. The van der Waals surface area contributed by atoms with Gasteiger partial charge in [-0.25, -0.2) is 38.0 Å². The number of carbonyl (C=O) groups excluding carboxylic acids is 8. The first-order chi connectivity index (χ1) is 39.0. The molecular formula is C61H65Cl3F2N4O14. The van der Waals surface area contributed by atoms with Gasteiger partial charge in [0.1, 0.15) is 22.8 Å². The highest BCUT2D eigenvalue weighted by atomic mass is 35.5. The van der Waals surface area contributed by atoms with E-state index in [1.807, 2.05) is 0 Å². The maximum atomic E-state index is 14.3. The quantitative estimate of drug-likeness (QED) is 0.0105. The molecule has 0 aliphatic heterocycles. The molecule has 18 nitrogen and oxygen atoms in total. The number of aliphatic hydroxyl groups is 2. The second-order valence-electron chi connectivity index (χ2n) is 20.0. The molecule has 0 unspecified atom stereocenters. The summed E-state index contributed by atoms with van der Waals surface area (Å²) in [4.78, 5) is 94.0. The van der Waals surface area contributed by atoms with E-state index < -0.39 is 89.8 Å². The van der Waals surface area contributed by atoms with Crippen molar-refractivity contribution in [2.45, 2.75) is 85.5 Å². The summed E-state index contributed by atoms with van der Waals surface area (Å²) in [5.74, 6) is -1.09. The number of ether oxygens (including phenoxy) is 4. The summed E-state index contributed by atoms with van der Waals surface area (Å²) in [6.07, 6.45) is -3.29. The van der Waals surface area contributed by atoms with E-state index >= 15 is 0 Å². The fourth-order valence-electron chi connectivity index (χ4n) is 6.98. The van der Waals surface area contributed by atoms with Crippen LogP contribution in [0.25, 0.3) is 22.3 Å². The summed E-state index contributed by atoms with van der Waals surface area (Å²) < 4.78 is 47.8. The van der Waals surface area contributed by atoms with Gasteiger partial charge in [0.05, 0.1) is 13.1 Å². The summed E-state index contributed by atoms with van der Waals surface area (Å²) in [7, 11) is 0. The molecule has 23 heteroatoms. The van der Waals surface area contributed by atoms with E-state index in [2.05, 4.69) is 10.2 Å². The van der Waals surface area contributed by atoms with Gasteiger partial charge in [-0.2, -0.15) is 0 Å². The molecule has 0 heterocycles. The molecule has 5 N–H and O–H groups in total. The molecule has 6 aromatic rings. The summed E-state index contributed by atoms with van der Waals surface area (Å²) in [6, 6.07) is 38.6. The number of Topliss-reactive ketones (excluding diaryl/α,β-unsaturated/α-hetero) is 2. The molecule has 0 aliphatic carbocycles. The Bertz CT molecular complexity index is 3200. The topological polar surface area (TPSA) is 258 Å². The summed E-state index contributed by atoms with van der Waals surface area (Å²) in [5, 5.41) is 22.6. The number of nitrogens with zero attached hydrogens (tertiary/aromatic N) is 2. The Morgan fingerprint density at radius 2 is 0.940 bits per heavy atom. The van der Waals surface area contributed by atoms with E-state index in [1.165, 1.54) is 35.3 Å². The molecule has 1 amide bonds. The number of hydrazine groups is 2. The number of amides is 1. The van der Waals surface area contributed by atoms with Crippen LogP contribution in [0.4, 0.5) is 8.78 Å². The van der Waals surface area contributed by atoms with Crippen LogP contribution in [0, 0.1) is 11.6 Å². The Morgan fingerprint density at radius 3 is 1.32 bits per heavy atom. The first kappa shape index (κ1) is 70.5. The van der Waals surface area contributed by atoms with Crippen molar-refractivity contribution in [3.8, 4) is 22.3 Å². The van der Waals surface area contributed by atoms with E-state index in [0.29, 0.717) is 49.0 Å². The largest absolute Gasteiger partial charge is 0.455 e. The van der Waals surface area contributed by atoms with Gasteiger partial charge in [0, 0.05) is 45.4 Å². The predicted molar refractivity (Wildman–Crippen MR) is 312 cm³/mol. The number of nitrogens with two attached hydrogens (primary N) is 1. The average Bonchev–Trinajstić information content (AvgIpc) is 3.54. The van der Waals surface area contributed by atoms with Crippen molar-refractivity contribution in [1.82, 2.24) is 15.4 Å². The number of hydrogen-bond donors (Lipinski definition) is 4. The molecule has 84 heavy (non-hydrogen) atoms. The summed E-state index contributed by atoms with van der Waals surface area (Å²) in [6.45, 7) is 8.18. The highest BCUT2D eigenvalue weighted by molar-refractivity contribution is 6.80. The molecule has 448 valence electrons. The molecule has 0 bridgehead atoms. The normalized spacial score (nSPS) is 11.7. The number of benzene rings is 6. The molecule has 2 atom stereocenters. The molecule has 0 radical (unpaired) electrons. The van der Waals surface area contributed by atoms with E-state index in [0.717, 1.165) is 10.6 Å². The first-order valence-corrected chi connectivity index (χ1v) is 26.3. The fourth-order valence-corrected chi connectivity index (χ4v) is 7.36. The van der Waals surface area contributed by atoms with Crippen LogP contribution in [0.5, 0.6) is 0 Å². The molecule has 0 aromatic heterocycles. The first-order valence-electron chi connectivity index (χ1n) is 25.1. The molecule has 6 rings (SSSR count). The zero-order chi connectivity index (χ0) is 61.6. The van der Waals surface area contributed by atoms with Crippen LogP contribution < -0.4 is 11.3 Å². The third-order valence-electron chi connectivity index (χ3n) is 10.8. The molecular weight excluding hydrogens is 1160 g/mol. The van der Waals surface area contributed by atoms with E-state index in [9.17, 15) is 57.4 Å². The highest BCUT2D eigenvalue weighted by Crippen LogP contribution is 2.28. The fraction of sp³-hybridized carbons (Fsp3) is 0.279. The monoisotopic (exact) mass is 1220 g/mol. The number of esters is 4. The van der Waals surface area contributed by atoms with Gasteiger partial charge in [0.2, 0.25) is 0 Å². The van der Waals surface area contributed by atoms with Crippen molar-refractivity contribution in [1.29, 1.82) is 0 Å². The second kappa shape index (κ2) is 33.5. The van der Waals surface area contributed by atoms with Crippen molar-refractivity contribution in [3.63, 3.8) is 0 Å². The Kier molecular flexibility index (Phi) is 28.1. The lowest BCUT2D eigenvalue weighted by Gasteiger charge is -2.26. The van der Waals surface area contributed by atoms with Gasteiger partial charge >= 0.3 is 35.0 Å². The minimum atomic E-state index is -1.78. The van der Waals surface area contributed by atoms with Crippen molar-refractivity contribution in [2.24, 2.45) is 5.84 Å². The molecule has 0 spiro atoms. The number of nitrogens with one attached hydrogen (secondary N) is 1. The number of ketones is 2. The van der Waals surface area contributed by atoms with E-state index in [-0.39, 0.29) is 38.7 Å². The van der Waals surface area contributed by atoms with Crippen LogP contribution in [0.15, 0.2) is 146 Å². The number of rotatable bonds is 20. The number of carbonyl (C=O) groups is 8. The van der Waals surface area contributed by atoms with Crippen molar-refractivity contribution in [3.05, 3.63) is 190 Å². The van der Waals surface area contributed by atoms with Crippen LogP contribution in [0.1, 0.15) is 80.8 Å². The van der Waals surface area contributed by atoms with Crippen LogP contribution in [-0.2, 0) is 60.8 Å². The predicted octanol–water partition coefficient (Wildman–Crippen LogP) is 9.45. The van der Waals surface area contributed by atoms with Gasteiger partial charge in [-0.1, -0.05) is 140 Å². The summed E-state index contributed by atoms with van der Waals surface area (Å²) in [5.41, 5.74) is 4.76. The van der Waals surface area contributed by atoms with Crippen LogP contribution >= 0.6 is 34.8 Å². The lowest BCUT2D eigenvalue weighted by atomic mass is 10.0. The Morgan fingerprint density at radius 1 is 0.560 bits per heavy atom. The molecule has 0 aliphatic rings. The van der Waals surface area contributed by atoms with Crippen LogP contribution in [-0.4, -0.2) is 117 Å².